The van der Waals surface area contributed by atoms with E-state index in [-0.39, 0.29) is 0 Å². The van der Waals surface area contributed by atoms with Gasteiger partial charge in [0, 0.05) is 28.2 Å². The van der Waals surface area contributed by atoms with Gasteiger partial charge in [0.2, 0.25) is 0 Å². The van der Waals surface area contributed by atoms with Gasteiger partial charge in [-0.25, -0.2) is 0 Å². The summed E-state index contributed by atoms with van der Waals surface area (Å²) >= 11 is 0. The molecule has 0 atom stereocenters. The molecule has 0 aliphatic carbocycles. The molecule has 0 bridgehead atoms. The largest absolute Gasteiger partial charge is 0.309 e. The molecule has 0 radical (unpaired) electrons. The van der Waals surface area contributed by atoms with Crippen molar-refractivity contribution < 1.29 is 0 Å². The Labute approximate surface area is 258 Å². The zero-order valence-electron chi connectivity index (χ0n) is 24.2. The van der Waals surface area contributed by atoms with Crippen molar-refractivity contribution >= 4 is 50.6 Å². The number of aromatic nitrogens is 2. The number of rotatable bonds is 6. The molecule has 6 aromatic carbocycles. The summed E-state index contributed by atoms with van der Waals surface area (Å²) in [7, 11) is -2.67. The van der Waals surface area contributed by atoms with Crippen molar-refractivity contribution in [2.24, 2.45) is 0 Å². The molecule has 2 heterocycles. The highest BCUT2D eigenvalue weighted by molar-refractivity contribution is 7.19. The molecule has 3 heteroatoms. The van der Waals surface area contributed by atoms with E-state index in [0.29, 0.717) is 0 Å². The second-order valence-corrected chi connectivity index (χ2v) is 15.0. The van der Waals surface area contributed by atoms with E-state index in [1.165, 1.54) is 48.2 Å². The second kappa shape index (κ2) is 11.0. The lowest BCUT2D eigenvalue weighted by atomic mass is 10.1. The molecule has 0 N–H and O–H groups in total. The average Bonchev–Trinajstić information content (AvgIpc) is 3.45. The Balaban J connectivity index is 1.35. The van der Waals surface area contributed by atoms with Crippen LogP contribution in [0.3, 0.4) is 0 Å². The van der Waals surface area contributed by atoms with Gasteiger partial charge in [-0.1, -0.05) is 140 Å². The molecule has 44 heavy (non-hydrogen) atoms. The van der Waals surface area contributed by atoms with Gasteiger partial charge in [-0.05, 0) is 57.1 Å². The molecule has 2 aromatic heterocycles. The lowest BCUT2D eigenvalue weighted by Gasteiger charge is -2.34. The van der Waals surface area contributed by atoms with E-state index in [4.69, 9.17) is 0 Å². The molecule has 0 aliphatic rings. The second-order valence-electron chi connectivity index (χ2n) is 11.2. The minimum absolute atomic E-state index is 0.987. The quantitative estimate of drug-likeness (QED) is 0.150. The van der Waals surface area contributed by atoms with E-state index < -0.39 is 8.07 Å². The van der Waals surface area contributed by atoms with Gasteiger partial charge in [0.15, 0.2) is 8.07 Å². The van der Waals surface area contributed by atoms with Gasteiger partial charge in [0.1, 0.15) is 0 Å². The topological polar surface area (TPSA) is 17.8 Å². The van der Waals surface area contributed by atoms with Crippen LogP contribution in [-0.4, -0.2) is 17.6 Å². The summed E-state index contributed by atoms with van der Waals surface area (Å²) in [4.78, 5) is 4.60. The van der Waals surface area contributed by atoms with Gasteiger partial charge in [0.25, 0.3) is 0 Å². The highest BCUT2D eigenvalue weighted by Gasteiger charge is 2.41. The molecule has 0 fully saturated rings. The maximum absolute atomic E-state index is 4.60. The zero-order valence-corrected chi connectivity index (χ0v) is 25.2. The lowest BCUT2D eigenvalue weighted by molar-refractivity contribution is 1.18. The zero-order chi connectivity index (χ0) is 29.3. The van der Waals surface area contributed by atoms with Crippen LogP contribution in [0.1, 0.15) is 0 Å². The molecule has 0 unspecified atom stereocenters. The highest BCUT2D eigenvalue weighted by Crippen LogP contribution is 2.31. The molecule has 8 aromatic rings. The molecule has 0 spiro atoms. The molecular formula is C41H30N2Si. The van der Waals surface area contributed by atoms with E-state index in [9.17, 15) is 0 Å². The summed E-state index contributed by atoms with van der Waals surface area (Å²) in [5.74, 6) is 0. The summed E-state index contributed by atoms with van der Waals surface area (Å²) in [6.07, 6.45) is 1.86. The molecule has 0 saturated heterocycles. The summed E-state index contributed by atoms with van der Waals surface area (Å²) in [5, 5.41) is 7.97. The Hall–Kier alpha value is -5.51. The first kappa shape index (κ1) is 26.1. The summed E-state index contributed by atoms with van der Waals surface area (Å²) in [5.41, 5.74) is 5.73. The van der Waals surface area contributed by atoms with Gasteiger partial charge in [-0.2, -0.15) is 0 Å². The van der Waals surface area contributed by atoms with Crippen LogP contribution in [0.4, 0.5) is 0 Å². The number of fused-ring (bicyclic) bond motifs is 3. The highest BCUT2D eigenvalue weighted by atomic mass is 28.3. The third-order valence-electron chi connectivity index (χ3n) is 8.83. The molecule has 208 valence electrons. The van der Waals surface area contributed by atoms with Crippen LogP contribution >= 0.6 is 0 Å². The smallest absolute Gasteiger partial charge is 0.179 e. The van der Waals surface area contributed by atoms with Gasteiger partial charge in [-0.3, -0.25) is 4.98 Å². The van der Waals surface area contributed by atoms with Crippen molar-refractivity contribution in [3.05, 3.63) is 182 Å². The molecule has 0 amide bonds. The van der Waals surface area contributed by atoms with Crippen molar-refractivity contribution in [3.8, 4) is 16.9 Å². The lowest BCUT2D eigenvalue weighted by Crippen LogP contribution is -2.74. The minimum atomic E-state index is -2.67. The summed E-state index contributed by atoms with van der Waals surface area (Å²) in [6, 6.07) is 64.1. The van der Waals surface area contributed by atoms with Crippen molar-refractivity contribution in [2.45, 2.75) is 0 Å². The van der Waals surface area contributed by atoms with Gasteiger partial charge < -0.3 is 4.57 Å². The van der Waals surface area contributed by atoms with Gasteiger partial charge in [-0.15, -0.1) is 0 Å². The maximum Gasteiger partial charge on any atom is 0.179 e. The fourth-order valence-corrected chi connectivity index (χ4v) is 11.6. The molecule has 0 saturated carbocycles. The van der Waals surface area contributed by atoms with Crippen LogP contribution in [0.2, 0.25) is 0 Å². The first-order chi connectivity index (χ1) is 21.8. The Bertz CT molecular complexity index is 2090. The van der Waals surface area contributed by atoms with E-state index in [1.54, 1.807) is 0 Å². The maximum atomic E-state index is 4.60. The normalized spacial score (nSPS) is 11.6. The number of nitrogens with zero attached hydrogens (tertiary/aromatic N) is 2. The first-order valence-electron chi connectivity index (χ1n) is 15.1. The standard InChI is InChI=1S/C41H30N2Si/c1-3-13-33(14-4-1)44(34-15-5-2-6-16-34,35-26-22-31(23-27-35)39-19-11-12-30-42-39)36-28-24-32(25-29-36)43-40-20-9-7-17-37(40)38-18-8-10-21-41(38)43/h1-30H. The van der Waals surface area contributed by atoms with Gasteiger partial charge in [0.05, 0.1) is 16.7 Å². The van der Waals surface area contributed by atoms with Gasteiger partial charge >= 0.3 is 0 Å². The number of para-hydroxylation sites is 2. The van der Waals surface area contributed by atoms with Crippen molar-refractivity contribution in [1.29, 1.82) is 0 Å². The first-order valence-corrected chi connectivity index (χ1v) is 17.1. The minimum Gasteiger partial charge on any atom is -0.309 e. The van der Waals surface area contributed by atoms with Crippen molar-refractivity contribution in [1.82, 2.24) is 9.55 Å². The molecule has 0 aliphatic heterocycles. The Kier molecular flexibility index (Phi) is 6.51. The van der Waals surface area contributed by atoms with Crippen LogP contribution < -0.4 is 20.7 Å². The summed E-state index contributed by atoms with van der Waals surface area (Å²) in [6.45, 7) is 0. The van der Waals surface area contributed by atoms with E-state index in [2.05, 4.69) is 173 Å². The molecule has 2 nitrogen and oxygen atoms in total. The van der Waals surface area contributed by atoms with Crippen LogP contribution in [0.5, 0.6) is 0 Å². The van der Waals surface area contributed by atoms with Crippen molar-refractivity contribution in [2.75, 3.05) is 0 Å². The van der Waals surface area contributed by atoms with Crippen LogP contribution in [0.15, 0.2) is 182 Å². The Morgan fingerprint density at radius 1 is 0.386 bits per heavy atom. The van der Waals surface area contributed by atoms with E-state index >= 15 is 0 Å². The predicted molar refractivity (Wildman–Crippen MR) is 188 cm³/mol. The Morgan fingerprint density at radius 3 is 1.36 bits per heavy atom. The van der Waals surface area contributed by atoms with Crippen LogP contribution in [0.25, 0.3) is 38.8 Å². The van der Waals surface area contributed by atoms with Crippen LogP contribution in [0, 0.1) is 0 Å². The van der Waals surface area contributed by atoms with Crippen molar-refractivity contribution in [3.63, 3.8) is 0 Å². The fourth-order valence-electron chi connectivity index (χ4n) is 6.86. The molecular weight excluding hydrogens is 549 g/mol. The van der Waals surface area contributed by atoms with E-state index in [0.717, 1.165) is 11.3 Å². The Morgan fingerprint density at radius 2 is 0.841 bits per heavy atom. The average molecular weight is 579 g/mol. The number of pyridine rings is 1. The SMILES string of the molecule is c1ccc([Si](c2ccccc2)(c2ccc(-c3ccccn3)cc2)c2ccc(-n3c4ccccc4c4ccccc43)cc2)cc1. The monoisotopic (exact) mass is 578 g/mol. The number of hydrogen-bond acceptors (Lipinski definition) is 1. The molecule has 8 rings (SSSR count). The third-order valence-corrected chi connectivity index (χ3v) is 13.6. The van der Waals surface area contributed by atoms with Crippen LogP contribution in [-0.2, 0) is 0 Å². The summed E-state index contributed by atoms with van der Waals surface area (Å²) < 4.78 is 2.39. The van der Waals surface area contributed by atoms with E-state index in [1.807, 2.05) is 18.3 Å². The predicted octanol–water partition coefficient (Wildman–Crippen LogP) is 7.22. The third kappa shape index (κ3) is 4.21. The number of benzene rings is 6. The fraction of sp³-hybridized carbons (Fsp3) is 0. The number of hydrogen-bond donors (Lipinski definition) is 0.